The fraction of sp³-hybridized carbons (Fsp3) is 0. The molecular weight excluding hydrogens is 641 g/mol. The zero-order chi connectivity index (χ0) is 34.4. The highest BCUT2D eigenvalue weighted by Gasteiger charge is 2.21. The Bertz CT molecular complexity index is 2900. The van der Waals surface area contributed by atoms with Crippen molar-refractivity contribution in [3.05, 3.63) is 170 Å². The highest BCUT2D eigenvalue weighted by molar-refractivity contribution is 6.19. The molecule has 0 spiro atoms. The van der Waals surface area contributed by atoms with Crippen LogP contribution in [0.2, 0.25) is 0 Å². The topological polar surface area (TPSA) is 77.8 Å². The quantitative estimate of drug-likeness (QED) is 0.175. The summed E-state index contributed by atoms with van der Waals surface area (Å²) in [6.07, 6.45) is 0. The lowest BCUT2D eigenvalue weighted by atomic mass is 9.97. The van der Waals surface area contributed by atoms with Crippen molar-refractivity contribution in [2.45, 2.75) is 0 Å². The van der Waals surface area contributed by atoms with Gasteiger partial charge < -0.3 is 8.83 Å². The van der Waals surface area contributed by atoms with Gasteiger partial charge in [-0.25, -0.2) is 19.9 Å². The van der Waals surface area contributed by atoms with Gasteiger partial charge in [0, 0.05) is 33.2 Å². The monoisotopic (exact) mass is 668 g/mol. The van der Waals surface area contributed by atoms with E-state index >= 15 is 0 Å². The summed E-state index contributed by atoms with van der Waals surface area (Å²) in [6.45, 7) is 0. The van der Waals surface area contributed by atoms with E-state index in [1.807, 2.05) is 109 Å². The van der Waals surface area contributed by atoms with E-state index in [1.54, 1.807) is 0 Å². The van der Waals surface area contributed by atoms with E-state index in [4.69, 9.17) is 28.8 Å². The van der Waals surface area contributed by atoms with Crippen molar-refractivity contribution in [3.63, 3.8) is 0 Å². The maximum Gasteiger partial charge on any atom is 0.227 e. The molecule has 6 nitrogen and oxygen atoms in total. The Hall–Kier alpha value is -7.18. The summed E-state index contributed by atoms with van der Waals surface area (Å²) in [5, 5.41) is 1.88. The second-order valence-electron chi connectivity index (χ2n) is 12.6. The number of nitrogens with zero attached hydrogens (tertiary/aromatic N) is 4. The number of oxazole rings is 1. The summed E-state index contributed by atoms with van der Waals surface area (Å²) in [4.78, 5) is 20.2. The molecule has 0 radical (unpaired) electrons. The maximum absolute atomic E-state index is 6.66. The summed E-state index contributed by atoms with van der Waals surface area (Å²) < 4.78 is 12.9. The third kappa shape index (κ3) is 5.13. The molecule has 244 valence electrons. The molecule has 0 atom stereocenters. The minimum absolute atomic E-state index is 0.573. The van der Waals surface area contributed by atoms with Gasteiger partial charge in [0.15, 0.2) is 23.1 Å². The normalized spacial score (nSPS) is 11.5. The molecule has 0 aliphatic carbocycles. The lowest BCUT2D eigenvalue weighted by molar-refractivity contribution is 0.619. The first-order valence-corrected chi connectivity index (χ1v) is 17.1. The van der Waals surface area contributed by atoms with Crippen molar-refractivity contribution < 1.29 is 8.83 Å². The number of hydrogen-bond acceptors (Lipinski definition) is 6. The zero-order valence-corrected chi connectivity index (χ0v) is 27.8. The Morgan fingerprint density at radius 3 is 1.67 bits per heavy atom. The molecule has 3 heterocycles. The van der Waals surface area contributed by atoms with Crippen LogP contribution in [0.25, 0.3) is 101 Å². The van der Waals surface area contributed by atoms with Crippen LogP contribution in [0.4, 0.5) is 0 Å². The molecule has 10 rings (SSSR count). The molecule has 7 aromatic carbocycles. The number of para-hydroxylation sites is 1. The molecule has 0 amide bonds. The third-order valence-corrected chi connectivity index (χ3v) is 9.39. The van der Waals surface area contributed by atoms with Gasteiger partial charge in [-0.15, -0.1) is 0 Å². The van der Waals surface area contributed by atoms with E-state index in [1.165, 1.54) is 0 Å². The predicted octanol–water partition coefficient (Wildman–Crippen LogP) is 11.9. The number of furan rings is 1. The van der Waals surface area contributed by atoms with Crippen LogP contribution in [0.15, 0.2) is 179 Å². The van der Waals surface area contributed by atoms with Crippen molar-refractivity contribution >= 4 is 33.0 Å². The molecule has 0 N–H and O–H groups in total. The predicted molar refractivity (Wildman–Crippen MR) is 207 cm³/mol. The highest BCUT2D eigenvalue weighted by Crippen LogP contribution is 2.42. The van der Waals surface area contributed by atoms with Gasteiger partial charge in [0.2, 0.25) is 5.89 Å². The number of rotatable bonds is 6. The average molecular weight is 669 g/mol. The Balaban J connectivity index is 1.15. The molecule has 6 heteroatoms. The molecule has 0 bridgehead atoms. The standard InChI is InChI=1S/C46H28N4O2/c1-4-14-29(15-5-1)32-20-12-21-33(28-32)44-48-43(30-16-6-2-7-17-30)49-45(50-44)36-23-11-10-22-34(36)35-24-13-25-37-40-38(51-42(35)37)26-27-39-41(40)47-46(52-39)31-18-8-3-9-19-31/h1-28H. The summed E-state index contributed by atoms with van der Waals surface area (Å²) >= 11 is 0. The fourth-order valence-corrected chi connectivity index (χ4v) is 6.91. The third-order valence-electron chi connectivity index (χ3n) is 9.39. The summed E-state index contributed by atoms with van der Waals surface area (Å²) in [5.41, 5.74) is 10.7. The van der Waals surface area contributed by atoms with Crippen LogP contribution in [0.3, 0.4) is 0 Å². The molecule has 10 aromatic rings. The van der Waals surface area contributed by atoms with Crippen LogP contribution in [0, 0.1) is 0 Å². The van der Waals surface area contributed by atoms with E-state index in [0.717, 1.165) is 72.0 Å². The Morgan fingerprint density at radius 1 is 0.346 bits per heavy atom. The van der Waals surface area contributed by atoms with Gasteiger partial charge in [-0.1, -0.05) is 140 Å². The van der Waals surface area contributed by atoms with Crippen LogP contribution >= 0.6 is 0 Å². The fourth-order valence-electron chi connectivity index (χ4n) is 6.91. The first-order chi connectivity index (χ1) is 25.8. The molecule has 52 heavy (non-hydrogen) atoms. The van der Waals surface area contributed by atoms with E-state index < -0.39 is 0 Å². The van der Waals surface area contributed by atoms with Gasteiger partial charge in [-0.2, -0.15) is 0 Å². The van der Waals surface area contributed by atoms with E-state index in [2.05, 4.69) is 60.7 Å². The van der Waals surface area contributed by atoms with Gasteiger partial charge in [0.05, 0.1) is 5.39 Å². The molecule has 0 unspecified atom stereocenters. The maximum atomic E-state index is 6.66. The first kappa shape index (κ1) is 29.7. The first-order valence-electron chi connectivity index (χ1n) is 17.1. The highest BCUT2D eigenvalue weighted by atomic mass is 16.4. The number of benzene rings is 7. The second kappa shape index (κ2) is 12.3. The lowest BCUT2D eigenvalue weighted by Gasteiger charge is -2.13. The van der Waals surface area contributed by atoms with Crippen molar-refractivity contribution in [2.75, 3.05) is 0 Å². The van der Waals surface area contributed by atoms with Crippen LogP contribution in [-0.2, 0) is 0 Å². The van der Waals surface area contributed by atoms with Gasteiger partial charge in [-0.05, 0) is 47.0 Å². The van der Waals surface area contributed by atoms with Gasteiger partial charge >= 0.3 is 0 Å². The van der Waals surface area contributed by atoms with Crippen LogP contribution in [0.5, 0.6) is 0 Å². The Kier molecular flexibility index (Phi) is 7.03. The molecule has 0 saturated carbocycles. The van der Waals surface area contributed by atoms with Crippen LogP contribution in [0.1, 0.15) is 0 Å². The average Bonchev–Trinajstić information content (AvgIpc) is 3.84. The van der Waals surface area contributed by atoms with Gasteiger partial charge in [0.1, 0.15) is 16.7 Å². The van der Waals surface area contributed by atoms with E-state index in [-0.39, 0.29) is 0 Å². The lowest BCUT2D eigenvalue weighted by Crippen LogP contribution is -2.01. The van der Waals surface area contributed by atoms with Gasteiger partial charge in [0.25, 0.3) is 0 Å². The minimum Gasteiger partial charge on any atom is -0.455 e. The van der Waals surface area contributed by atoms with Crippen molar-refractivity contribution in [1.82, 2.24) is 19.9 Å². The van der Waals surface area contributed by atoms with Gasteiger partial charge in [-0.3, -0.25) is 0 Å². The Morgan fingerprint density at radius 2 is 0.904 bits per heavy atom. The largest absolute Gasteiger partial charge is 0.455 e. The van der Waals surface area contributed by atoms with E-state index in [0.29, 0.717) is 28.9 Å². The molecule has 0 fully saturated rings. The van der Waals surface area contributed by atoms with Crippen molar-refractivity contribution in [1.29, 1.82) is 0 Å². The number of aromatic nitrogens is 4. The van der Waals surface area contributed by atoms with Crippen molar-refractivity contribution in [3.8, 4) is 67.9 Å². The SMILES string of the molecule is c1ccc(-c2cccc(-c3nc(-c4ccccc4)nc(-c4ccccc4-c4cccc5c4oc4ccc6oc(-c7ccccc7)nc6c45)n3)c2)cc1. The molecule has 0 aliphatic rings. The summed E-state index contributed by atoms with van der Waals surface area (Å²) in [5.74, 6) is 2.35. The summed E-state index contributed by atoms with van der Waals surface area (Å²) in [7, 11) is 0. The second-order valence-corrected chi connectivity index (χ2v) is 12.6. The molecular formula is C46H28N4O2. The molecule has 0 saturated heterocycles. The molecule has 3 aromatic heterocycles. The number of fused-ring (bicyclic) bond motifs is 5. The smallest absolute Gasteiger partial charge is 0.227 e. The zero-order valence-electron chi connectivity index (χ0n) is 27.8. The van der Waals surface area contributed by atoms with Crippen molar-refractivity contribution in [2.24, 2.45) is 0 Å². The number of hydrogen-bond donors (Lipinski definition) is 0. The van der Waals surface area contributed by atoms with Crippen LogP contribution in [-0.4, -0.2) is 19.9 Å². The van der Waals surface area contributed by atoms with Crippen LogP contribution < -0.4 is 0 Å². The minimum atomic E-state index is 0.573. The van der Waals surface area contributed by atoms with E-state index in [9.17, 15) is 0 Å². The molecule has 0 aliphatic heterocycles. The Labute approximate surface area is 298 Å². The summed E-state index contributed by atoms with van der Waals surface area (Å²) in [6, 6.07) is 57.0.